The summed E-state index contributed by atoms with van der Waals surface area (Å²) in [5.74, 6) is -2.89. The Balaban J connectivity index is 0.00000580. The van der Waals surface area contributed by atoms with E-state index in [-0.39, 0.29) is 52.3 Å². The number of rotatable bonds is 10. The maximum absolute atomic E-state index is 12.8. The highest BCUT2D eigenvalue weighted by atomic mass is 35.5. The van der Waals surface area contributed by atoms with Crippen LogP contribution in [-0.4, -0.2) is 132 Å². The van der Waals surface area contributed by atoms with E-state index in [9.17, 15) is 60.7 Å². The molecule has 10 atom stereocenters. The second kappa shape index (κ2) is 17.2. The minimum Gasteiger partial charge on any atom is -0.508 e. The van der Waals surface area contributed by atoms with Crippen LogP contribution >= 0.6 is 12.4 Å². The van der Waals surface area contributed by atoms with Gasteiger partial charge in [-0.3, -0.25) is 4.79 Å². The third-order valence-electron chi connectivity index (χ3n) is 8.72. The van der Waals surface area contributed by atoms with Crippen LogP contribution < -0.4 is 14.9 Å². The summed E-state index contributed by atoms with van der Waals surface area (Å²) in [6.07, 6.45) is -14.8. The summed E-state index contributed by atoms with van der Waals surface area (Å²) >= 11 is 0. The highest BCUT2D eigenvalue weighted by Crippen LogP contribution is 2.44. The third kappa shape index (κ3) is 8.95. The normalized spacial score (nSPS) is 28.1. The van der Waals surface area contributed by atoms with Gasteiger partial charge in [-0.15, -0.1) is 12.4 Å². The highest BCUT2D eigenvalue weighted by molar-refractivity contribution is 5.87. The van der Waals surface area contributed by atoms with Gasteiger partial charge in [-0.1, -0.05) is 12.1 Å². The molecule has 0 spiro atoms. The van der Waals surface area contributed by atoms with E-state index >= 15 is 0 Å². The van der Waals surface area contributed by atoms with Gasteiger partial charge in [0.05, 0.1) is 12.2 Å². The molecule has 0 aromatic heterocycles. The van der Waals surface area contributed by atoms with Crippen LogP contribution in [0.2, 0.25) is 0 Å². The lowest BCUT2D eigenvalue weighted by molar-refractivity contribution is -0.278. The van der Waals surface area contributed by atoms with Crippen molar-refractivity contribution in [2.75, 3.05) is 13.2 Å². The molecule has 0 amide bonds. The maximum Gasteiger partial charge on any atom is 0.330 e. The Morgan fingerprint density at radius 1 is 0.709 bits per heavy atom. The molecule has 2 fully saturated rings. The molecule has 2 saturated heterocycles. The van der Waals surface area contributed by atoms with Crippen LogP contribution in [-0.2, 0) is 19.0 Å². The number of aliphatic hydroxyl groups excluding tert-OH is 7. The number of phenols is 3. The van der Waals surface area contributed by atoms with E-state index < -0.39 is 97.5 Å². The minimum absolute atomic E-state index is 0. The van der Waals surface area contributed by atoms with Gasteiger partial charge in [-0.2, -0.15) is 0 Å². The van der Waals surface area contributed by atoms with Gasteiger partial charge in [0.2, 0.25) is 12.6 Å². The van der Waals surface area contributed by atoms with Crippen LogP contribution in [0.15, 0.2) is 76.0 Å². The van der Waals surface area contributed by atoms with Crippen LogP contribution in [0.5, 0.6) is 28.7 Å². The van der Waals surface area contributed by atoms with E-state index in [4.69, 9.17) is 28.1 Å². The van der Waals surface area contributed by atoms with Crippen LogP contribution in [0.3, 0.4) is 0 Å². The zero-order chi connectivity index (χ0) is 38.8. The van der Waals surface area contributed by atoms with E-state index in [1.807, 2.05) is 0 Å². The largest absolute Gasteiger partial charge is 0.508 e. The van der Waals surface area contributed by atoms with Gasteiger partial charge < -0.3 is 79.2 Å². The highest BCUT2D eigenvalue weighted by Gasteiger charge is 2.47. The first kappa shape index (κ1) is 41.2. The summed E-state index contributed by atoms with van der Waals surface area (Å²) in [5, 5.41) is 102. The van der Waals surface area contributed by atoms with Crippen molar-refractivity contribution >= 4 is 24.5 Å². The van der Waals surface area contributed by atoms with Crippen LogP contribution in [0.1, 0.15) is 5.56 Å². The Kier molecular flexibility index (Phi) is 12.9. The van der Waals surface area contributed by atoms with E-state index in [1.54, 1.807) is 12.1 Å². The van der Waals surface area contributed by atoms with E-state index in [2.05, 4.69) is 0 Å². The van der Waals surface area contributed by atoms with Crippen molar-refractivity contribution in [2.45, 2.75) is 61.4 Å². The molecule has 18 nitrogen and oxygen atoms in total. The molecule has 1 aliphatic carbocycles. The number of fused-ring (bicyclic) bond motifs is 1. The molecule has 2 aromatic carbocycles. The standard InChI is InChI=1S/C36H36O18.ClH/c37-13-25-28(43)30(45)32(47)35(53-25)51-23-11-18(39)10-22-19(23)12-24(34(50-22)16-4-7-20(40)21(41)9-16)52-36-33(48)31(46)29(44)26(54-36)14-49-27(42)8-3-15-1-5-17(38)6-2-15;/h1-12,25-26,28-33,35-38,40-41,43-48H,13-14H2;1H/t25-,26-,28-,29-,30+,31+,32-,33-,35-,36-;/m1./s1. The summed E-state index contributed by atoms with van der Waals surface area (Å²) in [6, 6.07) is 12.7. The summed E-state index contributed by atoms with van der Waals surface area (Å²) in [4.78, 5) is 25.2. The Morgan fingerprint density at radius 3 is 1.96 bits per heavy atom. The van der Waals surface area contributed by atoms with Gasteiger partial charge in [-0.05, 0) is 48.0 Å². The predicted octanol–water partition coefficient (Wildman–Crippen LogP) is -0.428. The average Bonchev–Trinajstić information content (AvgIpc) is 3.15. The molecule has 3 aliphatic heterocycles. The summed E-state index contributed by atoms with van der Waals surface area (Å²) < 4.78 is 34.1. The number of carbonyl (C=O) groups excluding carboxylic acids is 1. The second-order valence-electron chi connectivity index (χ2n) is 12.5. The van der Waals surface area contributed by atoms with Crippen LogP contribution in [0.4, 0.5) is 0 Å². The summed E-state index contributed by atoms with van der Waals surface area (Å²) in [6.45, 7) is -1.38. The second-order valence-corrected chi connectivity index (χ2v) is 12.5. The fourth-order valence-electron chi connectivity index (χ4n) is 5.74. The zero-order valence-corrected chi connectivity index (χ0v) is 29.1. The molecule has 2 aromatic rings. The summed E-state index contributed by atoms with van der Waals surface area (Å²) in [7, 11) is 0. The molecular weight excluding hydrogens is 756 g/mol. The van der Waals surface area contributed by atoms with Gasteiger partial charge in [-0.25, -0.2) is 4.79 Å². The van der Waals surface area contributed by atoms with Crippen molar-refractivity contribution in [3.8, 4) is 51.4 Å². The number of hydrogen-bond acceptors (Lipinski definition) is 18. The Labute approximate surface area is 316 Å². The van der Waals surface area contributed by atoms with Crippen LogP contribution in [0, 0.1) is 0 Å². The average molecular weight is 793 g/mol. The lowest BCUT2D eigenvalue weighted by Gasteiger charge is -2.40. The Morgan fingerprint density at radius 2 is 1.33 bits per heavy atom. The molecule has 0 radical (unpaired) electrons. The quantitative estimate of drug-likeness (QED) is 0.0554. The van der Waals surface area contributed by atoms with Crippen molar-refractivity contribution in [2.24, 2.45) is 0 Å². The number of hydrogen-bond donors (Lipinski definition) is 10. The lowest BCUT2D eigenvalue weighted by Crippen LogP contribution is -2.60. The van der Waals surface area contributed by atoms with Crippen molar-refractivity contribution in [3.63, 3.8) is 0 Å². The molecule has 6 rings (SSSR count). The first-order chi connectivity index (χ1) is 25.7. The molecule has 4 aliphatic rings. The molecule has 0 unspecified atom stereocenters. The lowest BCUT2D eigenvalue weighted by atomic mass is 9.99. The van der Waals surface area contributed by atoms with E-state index in [1.165, 1.54) is 30.3 Å². The number of carbonyl (C=O) groups is 1. The molecule has 0 saturated carbocycles. The van der Waals surface area contributed by atoms with Gasteiger partial charge in [0.25, 0.3) is 0 Å². The molecule has 296 valence electrons. The first-order valence-electron chi connectivity index (χ1n) is 16.4. The Hall–Kier alpha value is -4.99. The molecular formula is C36H37ClO18. The fourth-order valence-corrected chi connectivity index (χ4v) is 5.74. The van der Waals surface area contributed by atoms with Gasteiger partial charge in [0.15, 0.2) is 28.4 Å². The summed E-state index contributed by atoms with van der Waals surface area (Å²) in [5.41, 5.74) is -0.0771. The number of halogens is 1. The number of aromatic hydroxyl groups is 3. The topological polar surface area (TPSA) is 296 Å². The smallest absolute Gasteiger partial charge is 0.330 e. The molecule has 10 N–H and O–H groups in total. The zero-order valence-electron chi connectivity index (χ0n) is 28.3. The van der Waals surface area contributed by atoms with Gasteiger partial charge in [0, 0.05) is 23.8 Å². The third-order valence-corrected chi connectivity index (χ3v) is 8.72. The van der Waals surface area contributed by atoms with Crippen molar-refractivity contribution in [3.05, 3.63) is 82.5 Å². The number of aliphatic hydroxyl groups is 7. The first-order valence-corrected chi connectivity index (χ1v) is 16.4. The number of benzene rings is 3. The number of ether oxygens (including phenoxy) is 5. The van der Waals surface area contributed by atoms with Crippen molar-refractivity contribution in [1.29, 1.82) is 0 Å². The SMILES string of the molecule is Cl.O=C(C=Cc1ccc(O)cc1)OC[C@H]1O[C@@H](Oc2cc3c(O[C@@H]4O[C@H](CO)[C@@H](O)[C@H](O)[C@H]4O)cc(=O)cc-3oc2-c2ccc(O)c(O)c2)[C@H](O)[C@@H](O)[C@@H]1O. The Bertz CT molecular complexity index is 2000. The van der Waals surface area contributed by atoms with E-state index in [0.717, 1.165) is 30.3 Å². The molecule has 19 heteroatoms. The van der Waals surface area contributed by atoms with Gasteiger partial charge in [0.1, 0.15) is 72.7 Å². The van der Waals surface area contributed by atoms with Crippen molar-refractivity contribution in [1.82, 2.24) is 0 Å². The number of esters is 1. The predicted molar refractivity (Wildman–Crippen MR) is 187 cm³/mol. The minimum atomic E-state index is -1.92. The van der Waals surface area contributed by atoms with Gasteiger partial charge >= 0.3 is 5.97 Å². The van der Waals surface area contributed by atoms with E-state index in [0.29, 0.717) is 5.56 Å². The molecule has 3 heterocycles. The van der Waals surface area contributed by atoms with Crippen LogP contribution in [0.25, 0.3) is 28.7 Å². The fraction of sp³-hybridized carbons (Fsp3) is 0.333. The molecule has 55 heavy (non-hydrogen) atoms. The maximum atomic E-state index is 12.8. The van der Waals surface area contributed by atoms with Crippen molar-refractivity contribution < 1.29 is 84.0 Å². The number of phenolic OH excluding ortho intramolecular Hbond substituents is 3. The monoisotopic (exact) mass is 792 g/mol. The molecule has 0 bridgehead atoms.